The fraction of sp³-hybridized carbons (Fsp3) is 0.917. The van der Waals surface area contributed by atoms with Gasteiger partial charge < -0.3 is 10.2 Å². The number of likely N-dealkylation sites (tertiary alicyclic amines) is 1. The number of halogens is 1. The standard InChI is InChI=1S/C12H23BrN2O/c1-4-10(13)11(16)14-9-12(2)5-7-15(3)8-6-12/h10H,4-9H2,1-3H3,(H,14,16). The van der Waals surface area contributed by atoms with Crippen LogP contribution in [-0.2, 0) is 4.79 Å². The number of hydrogen-bond acceptors (Lipinski definition) is 2. The van der Waals surface area contributed by atoms with Gasteiger partial charge in [0.1, 0.15) is 0 Å². The Morgan fingerprint density at radius 1 is 1.50 bits per heavy atom. The summed E-state index contributed by atoms with van der Waals surface area (Å²) in [6.45, 7) is 7.36. The first-order valence-electron chi connectivity index (χ1n) is 6.07. The second-order valence-corrected chi connectivity index (χ2v) is 6.31. The van der Waals surface area contributed by atoms with Crippen molar-refractivity contribution >= 4 is 21.8 Å². The maximum atomic E-state index is 11.7. The van der Waals surface area contributed by atoms with Gasteiger partial charge in [-0.2, -0.15) is 0 Å². The van der Waals surface area contributed by atoms with Crippen molar-refractivity contribution < 1.29 is 4.79 Å². The van der Waals surface area contributed by atoms with E-state index in [-0.39, 0.29) is 16.1 Å². The van der Waals surface area contributed by atoms with E-state index in [9.17, 15) is 4.79 Å². The van der Waals surface area contributed by atoms with Gasteiger partial charge in [0.2, 0.25) is 5.91 Å². The summed E-state index contributed by atoms with van der Waals surface area (Å²) in [5.41, 5.74) is 0.280. The van der Waals surface area contributed by atoms with Crippen molar-refractivity contribution in [1.82, 2.24) is 10.2 Å². The summed E-state index contributed by atoms with van der Waals surface area (Å²) < 4.78 is 0. The molecular formula is C12H23BrN2O. The van der Waals surface area contributed by atoms with Gasteiger partial charge in [-0.1, -0.05) is 29.8 Å². The number of piperidine rings is 1. The summed E-state index contributed by atoms with van der Waals surface area (Å²) in [6, 6.07) is 0. The predicted octanol–water partition coefficient (Wildman–Crippen LogP) is 2.01. The van der Waals surface area contributed by atoms with Crippen LogP contribution in [0.3, 0.4) is 0 Å². The molecule has 1 amide bonds. The molecule has 0 aromatic carbocycles. The van der Waals surface area contributed by atoms with E-state index in [1.54, 1.807) is 0 Å². The van der Waals surface area contributed by atoms with Gasteiger partial charge in [0, 0.05) is 6.54 Å². The number of carbonyl (C=O) groups is 1. The molecule has 0 aromatic heterocycles. The zero-order valence-corrected chi connectivity index (χ0v) is 12.1. The Labute approximate surface area is 107 Å². The molecule has 0 bridgehead atoms. The Kier molecular flexibility index (Phi) is 5.25. The van der Waals surface area contributed by atoms with Crippen molar-refractivity contribution in [2.45, 2.75) is 37.9 Å². The topological polar surface area (TPSA) is 32.3 Å². The van der Waals surface area contributed by atoms with Crippen molar-refractivity contribution in [3.05, 3.63) is 0 Å². The number of rotatable bonds is 4. The minimum atomic E-state index is -0.0395. The van der Waals surface area contributed by atoms with Crippen LogP contribution >= 0.6 is 15.9 Å². The third-order valence-corrected chi connectivity index (χ3v) is 4.59. The highest BCUT2D eigenvalue weighted by atomic mass is 79.9. The predicted molar refractivity (Wildman–Crippen MR) is 70.9 cm³/mol. The third kappa shape index (κ3) is 4.06. The van der Waals surface area contributed by atoms with Crippen LogP contribution in [-0.4, -0.2) is 42.3 Å². The van der Waals surface area contributed by atoms with Crippen LogP contribution in [0.4, 0.5) is 0 Å². The Morgan fingerprint density at radius 2 is 2.06 bits per heavy atom. The van der Waals surface area contributed by atoms with E-state index < -0.39 is 0 Å². The summed E-state index contributed by atoms with van der Waals surface area (Å²) in [5.74, 6) is 0.127. The second-order valence-electron chi connectivity index (χ2n) is 5.21. The lowest BCUT2D eigenvalue weighted by molar-refractivity contribution is -0.121. The van der Waals surface area contributed by atoms with Crippen molar-refractivity contribution in [2.75, 3.05) is 26.7 Å². The molecule has 4 heteroatoms. The zero-order chi connectivity index (χ0) is 12.2. The molecule has 0 radical (unpaired) electrons. The van der Waals surface area contributed by atoms with E-state index >= 15 is 0 Å². The maximum Gasteiger partial charge on any atom is 0.233 e. The molecule has 94 valence electrons. The minimum absolute atomic E-state index is 0.0395. The van der Waals surface area contributed by atoms with Crippen molar-refractivity contribution in [3.63, 3.8) is 0 Å². The summed E-state index contributed by atoms with van der Waals surface area (Å²) in [6.07, 6.45) is 3.18. The van der Waals surface area contributed by atoms with Gasteiger partial charge in [0.25, 0.3) is 0 Å². The third-order valence-electron chi connectivity index (χ3n) is 3.53. The fourth-order valence-corrected chi connectivity index (χ4v) is 2.09. The average molecular weight is 291 g/mol. The number of alkyl halides is 1. The molecule has 0 spiro atoms. The van der Waals surface area contributed by atoms with Crippen LogP contribution in [0.25, 0.3) is 0 Å². The molecule has 1 N–H and O–H groups in total. The quantitative estimate of drug-likeness (QED) is 0.804. The Hall–Kier alpha value is -0.0900. The monoisotopic (exact) mass is 290 g/mol. The number of nitrogens with one attached hydrogen (secondary N) is 1. The smallest absolute Gasteiger partial charge is 0.233 e. The highest BCUT2D eigenvalue weighted by Crippen LogP contribution is 2.29. The zero-order valence-electron chi connectivity index (χ0n) is 10.6. The van der Waals surface area contributed by atoms with E-state index in [0.717, 1.165) is 26.1 Å². The molecule has 1 aliphatic heterocycles. The van der Waals surface area contributed by atoms with Crippen LogP contribution < -0.4 is 5.32 Å². The van der Waals surface area contributed by atoms with Crippen LogP contribution in [0.5, 0.6) is 0 Å². The van der Waals surface area contributed by atoms with Gasteiger partial charge in [0.15, 0.2) is 0 Å². The SMILES string of the molecule is CCC(Br)C(=O)NCC1(C)CCN(C)CC1. The Balaban J connectivity index is 2.34. The molecule has 3 nitrogen and oxygen atoms in total. The normalized spacial score (nSPS) is 22.8. The van der Waals surface area contributed by atoms with Gasteiger partial charge in [-0.05, 0) is 44.8 Å². The molecule has 1 saturated heterocycles. The number of amides is 1. The molecule has 1 fully saturated rings. The van der Waals surface area contributed by atoms with E-state index in [0.29, 0.717) is 0 Å². The van der Waals surface area contributed by atoms with Crippen LogP contribution in [0, 0.1) is 5.41 Å². The van der Waals surface area contributed by atoms with Crippen LogP contribution in [0.15, 0.2) is 0 Å². The molecule has 0 aromatic rings. The van der Waals surface area contributed by atoms with Gasteiger partial charge >= 0.3 is 0 Å². The summed E-state index contributed by atoms with van der Waals surface area (Å²) in [5, 5.41) is 3.05. The molecular weight excluding hydrogens is 268 g/mol. The van der Waals surface area contributed by atoms with Crippen LogP contribution in [0.2, 0.25) is 0 Å². The minimum Gasteiger partial charge on any atom is -0.355 e. The lowest BCUT2D eigenvalue weighted by atomic mass is 9.80. The molecule has 1 rings (SSSR count). The van der Waals surface area contributed by atoms with E-state index in [1.165, 1.54) is 12.8 Å². The number of carbonyl (C=O) groups excluding carboxylic acids is 1. The number of nitrogens with zero attached hydrogens (tertiary/aromatic N) is 1. The summed E-state index contributed by atoms with van der Waals surface area (Å²) in [7, 11) is 2.16. The first-order chi connectivity index (χ1) is 7.47. The lowest BCUT2D eigenvalue weighted by Gasteiger charge is -2.38. The maximum absolute atomic E-state index is 11.7. The van der Waals surface area contributed by atoms with Crippen LogP contribution in [0.1, 0.15) is 33.1 Å². The van der Waals surface area contributed by atoms with Gasteiger partial charge in [0.05, 0.1) is 4.83 Å². The first-order valence-corrected chi connectivity index (χ1v) is 6.99. The van der Waals surface area contributed by atoms with Crippen molar-refractivity contribution in [3.8, 4) is 0 Å². The van der Waals surface area contributed by atoms with E-state index in [4.69, 9.17) is 0 Å². The molecule has 1 unspecified atom stereocenters. The van der Waals surface area contributed by atoms with Gasteiger partial charge in [-0.3, -0.25) is 4.79 Å². The Bertz CT molecular complexity index is 237. The molecule has 1 heterocycles. The summed E-state index contributed by atoms with van der Waals surface area (Å²) >= 11 is 3.37. The van der Waals surface area contributed by atoms with E-state index in [2.05, 4.69) is 40.1 Å². The highest BCUT2D eigenvalue weighted by Gasteiger charge is 2.29. The van der Waals surface area contributed by atoms with Gasteiger partial charge in [-0.25, -0.2) is 0 Å². The molecule has 0 saturated carbocycles. The van der Waals surface area contributed by atoms with E-state index in [1.807, 2.05) is 6.92 Å². The molecule has 1 atom stereocenters. The molecule has 16 heavy (non-hydrogen) atoms. The first kappa shape index (κ1) is 14.0. The summed E-state index contributed by atoms with van der Waals surface area (Å²) in [4.78, 5) is 14.0. The number of hydrogen-bond donors (Lipinski definition) is 1. The van der Waals surface area contributed by atoms with Crippen molar-refractivity contribution in [2.24, 2.45) is 5.41 Å². The second kappa shape index (κ2) is 6.01. The highest BCUT2D eigenvalue weighted by molar-refractivity contribution is 9.10. The molecule has 0 aliphatic carbocycles. The van der Waals surface area contributed by atoms with Gasteiger partial charge in [-0.15, -0.1) is 0 Å². The Morgan fingerprint density at radius 3 is 2.56 bits per heavy atom. The molecule has 1 aliphatic rings. The largest absolute Gasteiger partial charge is 0.355 e. The fourth-order valence-electron chi connectivity index (χ4n) is 1.93. The lowest BCUT2D eigenvalue weighted by Crippen LogP contribution is -2.44. The van der Waals surface area contributed by atoms with Crippen molar-refractivity contribution in [1.29, 1.82) is 0 Å². The average Bonchev–Trinajstić information content (AvgIpc) is 2.29.